The Kier molecular flexibility index (Phi) is 3.10. The van der Waals surface area contributed by atoms with E-state index in [1.807, 2.05) is 19.1 Å². The Balaban J connectivity index is 2.54. The van der Waals surface area contributed by atoms with E-state index in [9.17, 15) is 4.79 Å². The van der Waals surface area contributed by atoms with Crippen molar-refractivity contribution in [1.82, 2.24) is 0 Å². The van der Waals surface area contributed by atoms with Gasteiger partial charge in [0, 0.05) is 17.5 Å². The molecule has 0 bridgehead atoms. The third-order valence-electron chi connectivity index (χ3n) is 2.49. The van der Waals surface area contributed by atoms with Crippen molar-refractivity contribution in [1.29, 1.82) is 5.26 Å². The van der Waals surface area contributed by atoms with Gasteiger partial charge in [-0.05, 0) is 24.1 Å². The summed E-state index contributed by atoms with van der Waals surface area (Å²) in [5.41, 5.74) is 1.07. The van der Waals surface area contributed by atoms with Gasteiger partial charge in [-0.2, -0.15) is 5.26 Å². The van der Waals surface area contributed by atoms with Crippen LogP contribution >= 0.6 is 0 Å². The minimum absolute atomic E-state index is 0.0246. The van der Waals surface area contributed by atoms with Crippen LogP contribution in [0.3, 0.4) is 0 Å². The van der Waals surface area contributed by atoms with E-state index in [1.165, 1.54) is 6.07 Å². The molecule has 1 heterocycles. The van der Waals surface area contributed by atoms with E-state index in [0.717, 1.165) is 17.4 Å². The lowest BCUT2D eigenvalue weighted by Gasteiger charge is -2.05. The molecule has 2 rings (SSSR count). The van der Waals surface area contributed by atoms with Gasteiger partial charge in [0.15, 0.2) is 6.61 Å². The Morgan fingerprint density at radius 2 is 2.24 bits per heavy atom. The van der Waals surface area contributed by atoms with Crippen molar-refractivity contribution in [2.24, 2.45) is 0 Å². The summed E-state index contributed by atoms with van der Waals surface area (Å²) in [6, 6.07) is 8.61. The Morgan fingerprint density at radius 1 is 1.41 bits per heavy atom. The second-order valence-electron chi connectivity index (χ2n) is 3.55. The Labute approximate surface area is 98.0 Å². The summed E-state index contributed by atoms with van der Waals surface area (Å²) in [5, 5.41) is 9.32. The maximum absolute atomic E-state index is 11.3. The van der Waals surface area contributed by atoms with Gasteiger partial charge in [0.05, 0.1) is 0 Å². The van der Waals surface area contributed by atoms with Crippen LogP contribution in [-0.4, -0.2) is 6.61 Å². The highest BCUT2D eigenvalue weighted by Crippen LogP contribution is 2.22. The average molecular weight is 229 g/mol. The summed E-state index contributed by atoms with van der Waals surface area (Å²) in [6.07, 6.45) is 0.764. The average Bonchev–Trinajstić information content (AvgIpc) is 2.34. The first kappa shape index (κ1) is 11.2. The van der Waals surface area contributed by atoms with Gasteiger partial charge >= 0.3 is 5.63 Å². The molecule has 0 saturated carbocycles. The summed E-state index contributed by atoms with van der Waals surface area (Å²) in [4.78, 5) is 11.3. The Bertz CT molecular complexity index is 637. The fourth-order valence-corrected chi connectivity index (χ4v) is 1.71. The molecule has 0 unspecified atom stereocenters. The number of hydrogen-bond donors (Lipinski definition) is 0. The molecule has 1 aromatic carbocycles. The summed E-state index contributed by atoms with van der Waals surface area (Å²) in [7, 11) is 0. The molecule has 0 saturated heterocycles. The molecule has 4 nitrogen and oxygen atoms in total. The summed E-state index contributed by atoms with van der Waals surface area (Å²) < 4.78 is 10.3. The number of hydrogen-bond acceptors (Lipinski definition) is 4. The van der Waals surface area contributed by atoms with Crippen LogP contribution in [0.2, 0.25) is 0 Å². The van der Waals surface area contributed by atoms with Gasteiger partial charge < -0.3 is 9.15 Å². The lowest BCUT2D eigenvalue weighted by atomic mass is 10.1. The van der Waals surface area contributed by atoms with Crippen LogP contribution in [0.25, 0.3) is 11.0 Å². The van der Waals surface area contributed by atoms with Crippen LogP contribution < -0.4 is 10.4 Å². The maximum atomic E-state index is 11.3. The Hall–Kier alpha value is -2.28. The standard InChI is InChI=1S/C13H11NO3/c1-2-9-7-13(15)17-12-8-10(16-6-5-14)3-4-11(9)12/h3-4,7-8H,2,6H2,1H3. The fraction of sp³-hybridized carbons (Fsp3) is 0.231. The van der Waals surface area contributed by atoms with Crippen LogP contribution in [0.1, 0.15) is 12.5 Å². The largest absolute Gasteiger partial charge is 0.479 e. The van der Waals surface area contributed by atoms with E-state index >= 15 is 0 Å². The summed E-state index contributed by atoms with van der Waals surface area (Å²) in [6.45, 7) is 1.96. The predicted molar refractivity (Wildman–Crippen MR) is 63.0 cm³/mol. The number of fused-ring (bicyclic) bond motifs is 1. The van der Waals surface area contributed by atoms with Crippen LogP contribution in [0, 0.1) is 11.3 Å². The molecule has 0 amide bonds. The van der Waals surface area contributed by atoms with Crippen molar-refractivity contribution in [2.75, 3.05) is 6.61 Å². The van der Waals surface area contributed by atoms with E-state index in [4.69, 9.17) is 14.4 Å². The molecule has 0 aliphatic rings. The number of benzene rings is 1. The number of rotatable bonds is 3. The van der Waals surface area contributed by atoms with Crippen molar-refractivity contribution in [2.45, 2.75) is 13.3 Å². The third kappa shape index (κ3) is 2.28. The molecule has 0 fully saturated rings. The van der Waals surface area contributed by atoms with Crippen LogP contribution in [0.4, 0.5) is 0 Å². The van der Waals surface area contributed by atoms with Crippen LogP contribution in [-0.2, 0) is 6.42 Å². The van der Waals surface area contributed by atoms with Gasteiger partial charge in [-0.1, -0.05) is 6.92 Å². The lowest BCUT2D eigenvalue weighted by Crippen LogP contribution is -2.00. The number of nitriles is 1. The van der Waals surface area contributed by atoms with E-state index in [2.05, 4.69) is 0 Å². The van der Waals surface area contributed by atoms with Gasteiger partial charge in [-0.3, -0.25) is 0 Å². The molecule has 0 atom stereocenters. The first-order chi connectivity index (χ1) is 8.24. The van der Waals surface area contributed by atoms with Gasteiger partial charge in [0.25, 0.3) is 0 Å². The molecular weight excluding hydrogens is 218 g/mol. The molecule has 2 aromatic rings. The number of aryl methyl sites for hydroxylation is 1. The first-order valence-corrected chi connectivity index (χ1v) is 5.31. The van der Waals surface area contributed by atoms with Gasteiger partial charge in [-0.25, -0.2) is 4.79 Å². The van der Waals surface area contributed by atoms with Crippen molar-refractivity contribution < 1.29 is 9.15 Å². The van der Waals surface area contributed by atoms with Crippen molar-refractivity contribution in [3.05, 3.63) is 40.2 Å². The minimum atomic E-state index is -0.369. The van der Waals surface area contributed by atoms with Crippen molar-refractivity contribution in [3.63, 3.8) is 0 Å². The van der Waals surface area contributed by atoms with E-state index in [0.29, 0.717) is 11.3 Å². The SMILES string of the molecule is CCc1cc(=O)oc2cc(OCC#N)ccc12. The molecule has 0 aliphatic heterocycles. The molecule has 0 aliphatic carbocycles. The summed E-state index contributed by atoms with van der Waals surface area (Å²) >= 11 is 0. The van der Waals surface area contributed by atoms with E-state index < -0.39 is 0 Å². The second kappa shape index (κ2) is 4.71. The molecule has 17 heavy (non-hydrogen) atoms. The normalized spacial score (nSPS) is 10.1. The highest BCUT2D eigenvalue weighted by atomic mass is 16.5. The molecular formula is C13H11NO3. The lowest BCUT2D eigenvalue weighted by molar-refractivity contribution is 0.368. The Morgan fingerprint density at radius 3 is 2.94 bits per heavy atom. The highest BCUT2D eigenvalue weighted by molar-refractivity contribution is 5.81. The second-order valence-corrected chi connectivity index (χ2v) is 3.55. The molecule has 86 valence electrons. The monoisotopic (exact) mass is 229 g/mol. The quantitative estimate of drug-likeness (QED) is 0.757. The number of nitrogens with zero attached hydrogens (tertiary/aromatic N) is 1. The highest BCUT2D eigenvalue weighted by Gasteiger charge is 2.05. The molecule has 1 aromatic heterocycles. The molecule has 4 heteroatoms. The van der Waals surface area contributed by atoms with Crippen molar-refractivity contribution in [3.8, 4) is 11.8 Å². The predicted octanol–water partition coefficient (Wildman–Crippen LogP) is 2.26. The smallest absolute Gasteiger partial charge is 0.336 e. The minimum Gasteiger partial charge on any atom is -0.479 e. The maximum Gasteiger partial charge on any atom is 0.336 e. The fourth-order valence-electron chi connectivity index (χ4n) is 1.71. The topological polar surface area (TPSA) is 63.2 Å². The summed E-state index contributed by atoms with van der Waals surface area (Å²) in [5.74, 6) is 0.524. The molecule has 0 spiro atoms. The number of ether oxygens (including phenoxy) is 1. The zero-order chi connectivity index (χ0) is 12.3. The van der Waals surface area contributed by atoms with Crippen LogP contribution in [0.5, 0.6) is 5.75 Å². The van der Waals surface area contributed by atoms with Gasteiger partial charge in [-0.15, -0.1) is 0 Å². The van der Waals surface area contributed by atoms with Gasteiger partial charge in [0.1, 0.15) is 17.4 Å². The van der Waals surface area contributed by atoms with Gasteiger partial charge in [0.2, 0.25) is 0 Å². The molecule has 0 radical (unpaired) electrons. The van der Waals surface area contributed by atoms with E-state index in [1.54, 1.807) is 12.1 Å². The van der Waals surface area contributed by atoms with Crippen molar-refractivity contribution >= 4 is 11.0 Å². The van der Waals surface area contributed by atoms with Crippen LogP contribution in [0.15, 0.2) is 33.5 Å². The van der Waals surface area contributed by atoms with E-state index in [-0.39, 0.29) is 12.2 Å². The molecule has 0 N–H and O–H groups in total. The zero-order valence-electron chi connectivity index (χ0n) is 9.40. The first-order valence-electron chi connectivity index (χ1n) is 5.31. The third-order valence-corrected chi connectivity index (χ3v) is 2.49. The zero-order valence-corrected chi connectivity index (χ0v) is 9.40.